The first kappa shape index (κ1) is 12.6. The van der Waals surface area contributed by atoms with Crippen molar-refractivity contribution in [1.82, 2.24) is 15.2 Å². The molecule has 3 rings (SSSR count). The van der Waals surface area contributed by atoms with E-state index in [1.807, 2.05) is 42.8 Å². The van der Waals surface area contributed by atoms with Crippen molar-refractivity contribution in [2.24, 2.45) is 0 Å². The molecular formula is C14H15N3S2. The largest absolute Gasteiger partial charge is 0.352 e. The molecule has 1 N–H and O–H groups in total. The molecule has 98 valence electrons. The van der Waals surface area contributed by atoms with Gasteiger partial charge in [-0.3, -0.25) is 4.98 Å². The maximum atomic E-state index is 5.39. The first-order chi connectivity index (χ1) is 9.16. The second-order valence-corrected chi connectivity index (χ2v) is 6.39. The predicted octanol–water partition coefficient (Wildman–Crippen LogP) is 3.05. The van der Waals surface area contributed by atoms with Crippen LogP contribution in [0.5, 0.6) is 0 Å². The topological polar surface area (TPSA) is 28.2 Å². The predicted molar refractivity (Wildman–Crippen MR) is 82.3 cm³/mol. The van der Waals surface area contributed by atoms with Crippen LogP contribution in [0.4, 0.5) is 0 Å². The maximum Gasteiger partial charge on any atom is 0.169 e. The van der Waals surface area contributed by atoms with Crippen LogP contribution in [0.25, 0.3) is 0 Å². The van der Waals surface area contributed by atoms with Crippen LogP contribution in [-0.2, 0) is 0 Å². The van der Waals surface area contributed by atoms with Gasteiger partial charge in [0.1, 0.15) is 0 Å². The zero-order chi connectivity index (χ0) is 13.4. The Morgan fingerprint density at radius 1 is 1.32 bits per heavy atom. The number of thiophene rings is 1. The van der Waals surface area contributed by atoms with Crippen LogP contribution in [0.1, 0.15) is 27.5 Å². The molecule has 0 spiro atoms. The summed E-state index contributed by atoms with van der Waals surface area (Å²) < 4.78 is 0. The van der Waals surface area contributed by atoms with Crippen molar-refractivity contribution in [2.45, 2.75) is 19.0 Å². The molecule has 2 aromatic rings. The third kappa shape index (κ3) is 2.24. The van der Waals surface area contributed by atoms with Crippen molar-refractivity contribution in [3.63, 3.8) is 0 Å². The molecule has 0 radical (unpaired) electrons. The van der Waals surface area contributed by atoms with Gasteiger partial charge in [-0.25, -0.2) is 0 Å². The number of thiocarbonyl (C=S) groups is 1. The SMILES string of the molecule is Cc1ccc(C2C(c3ccccn3)NC(=S)N2C)s1. The summed E-state index contributed by atoms with van der Waals surface area (Å²) in [6.07, 6.45) is 1.83. The zero-order valence-corrected chi connectivity index (χ0v) is 12.5. The average molecular weight is 289 g/mol. The van der Waals surface area contributed by atoms with Gasteiger partial charge in [0.15, 0.2) is 5.11 Å². The van der Waals surface area contributed by atoms with E-state index in [1.165, 1.54) is 9.75 Å². The Hall–Kier alpha value is -1.46. The van der Waals surface area contributed by atoms with Crippen LogP contribution in [0.15, 0.2) is 36.5 Å². The summed E-state index contributed by atoms with van der Waals surface area (Å²) in [5, 5.41) is 4.16. The van der Waals surface area contributed by atoms with E-state index in [0.29, 0.717) is 0 Å². The van der Waals surface area contributed by atoms with Gasteiger partial charge in [-0.15, -0.1) is 11.3 Å². The van der Waals surface area contributed by atoms with E-state index in [2.05, 4.69) is 34.3 Å². The van der Waals surface area contributed by atoms with Gasteiger partial charge in [-0.2, -0.15) is 0 Å². The Morgan fingerprint density at radius 3 is 2.79 bits per heavy atom. The highest BCUT2D eigenvalue weighted by molar-refractivity contribution is 7.80. The molecule has 0 aliphatic carbocycles. The molecule has 0 amide bonds. The molecule has 2 unspecified atom stereocenters. The van der Waals surface area contributed by atoms with Gasteiger partial charge >= 0.3 is 0 Å². The van der Waals surface area contributed by atoms with Gasteiger partial charge in [-0.05, 0) is 43.4 Å². The molecule has 2 atom stereocenters. The highest BCUT2D eigenvalue weighted by Gasteiger charge is 2.38. The molecule has 3 heterocycles. The fourth-order valence-corrected chi connectivity index (χ4v) is 3.73. The molecule has 1 saturated heterocycles. The van der Waals surface area contributed by atoms with Gasteiger partial charge in [0.05, 0.1) is 17.8 Å². The smallest absolute Gasteiger partial charge is 0.169 e. The van der Waals surface area contributed by atoms with Crippen LogP contribution in [0, 0.1) is 6.92 Å². The average Bonchev–Trinajstić information content (AvgIpc) is 2.96. The molecule has 0 bridgehead atoms. The van der Waals surface area contributed by atoms with Gasteiger partial charge in [0.2, 0.25) is 0 Å². The summed E-state index contributed by atoms with van der Waals surface area (Å²) in [7, 11) is 2.04. The number of nitrogens with one attached hydrogen (secondary N) is 1. The minimum absolute atomic E-state index is 0.122. The summed E-state index contributed by atoms with van der Waals surface area (Å²) >= 11 is 7.21. The quantitative estimate of drug-likeness (QED) is 0.860. The lowest BCUT2D eigenvalue weighted by molar-refractivity contribution is 0.374. The molecule has 1 aliphatic rings. The maximum absolute atomic E-state index is 5.39. The third-order valence-corrected chi connectivity index (χ3v) is 4.87. The van der Waals surface area contributed by atoms with E-state index in [-0.39, 0.29) is 12.1 Å². The van der Waals surface area contributed by atoms with Crippen molar-refractivity contribution in [1.29, 1.82) is 0 Å². The molecule has 5 heteroatoms. The fraction of sp³-hybridized carbons (Fsp3) is 0.286. The Bertz CT molecular complexity index is 594. The molecule has 2 aromatic heterocycles. The molecular weight excluding hydrogens is 274 g/mol. The minimum atomic E-state index is 0.122. The van der Waals surface area contributed by atoms with Crippen molar-refractivity contribution >= 4 is 28.7 Å². The normalized spacial score (nSPS) is 22.6. The lowest BCUT2D eigenvalue weighted by Gasteiger charge is -2.22. The van der Waals surface area contributed by atoms with Gasteiger partial charge < -0.3 is 10.2 Å². The lowest BCUT2D eigenvalue weighted by atomic mass is 10.0. The van der Waals surface area contributed by atoms with Crippen LogP contribution in [0.3, 0.4) is 0 Å². The summed E-state index contributed by atoms with van der Waals surface area (Å²) in [5.41, 5.74) is 1.03. The fourth-order valence-electron chi connectivity index (χ4n) is 2.43. The first-order valence-electron chi connectivity index (χ1n) is 6.17. The van der Waals surface area contributed by atoms with Crippen LogP contribution >= 0.6 is 23.6 Å². The number of likely N-dealkylation sites (N-methyl/N-ethyl adjacent to an activating group) is 1. The molecule has 19 heavy (non-hydrogen) atoms. The Labute approximate surface area is 122 Å². The second-order valence-electron chi connectivity index (χ2n) is 4.69. The van der Waals surface area contributed by atoms with Crippen molar-refractivity contribution in [3.8, 4) is 0 Å². The van der Waals surface area contributed by atoms with E-state index in [4.69, 9.17) is 12.2 Å². The van der Waals surface area contributed by atoms with Crippen molar-refractivity contribution < 1.29 is 0 Å². The zero-order valence-electron chi connectivity index (χ0n) is 10.8. The number of pyridine rings is 1. The van der Waals surface area contributed by atoms with Crippen LogP contribution < -0.4 is 5.32 Å². The summed E-state index contributed by atoms with van der Waals surface area (Å²) in [6, 6.07) is 10.7. The first-order valence-corrected chi connectivity index (χ1v) is 7.40. The highest BCUT2D eigenvalue weighted by atomic mass is 32.1. The highest BCUT2D eigenvalue weighted by Crippen LogP contribution is 2.39. The van der Waals surface area contributed by atoms with Crippen molar-refractivity contribution in [3.05, 3.63) is 52.0 Å². The van der Waals surface area contributed by atoms with Gasteiger partial charge in [0, 0.05) is 23.0 Å². The minimum Gasteiger partial charge on any atom is -0.352 e. The second kappa shape index (κ2) is 4.90. The monoisotopic (exact) mass is 289 g/mol. The summed E-state index contributed by atoms with van der Waals surface area (Å²) in [4.78, 5) is 9.24. The number of nitrogens with zero attached hydrogens (tertiary/aromatic N) is 2. The standard InChI is InChI=1S/C14H15N3S2/c1-9-6-7-11(19-9)13-12(16-14(18)17(13)2)10-5-3-4-8-15-10/h3-8,12-13H,1-2H3,(H,16,18). The van der Waals surface area contributed by atoms with E-state index < -0.39 is 0 Å². The van der Waals surface area contributed by atoms with Gasteiger partial charge in [0.25, 0.3) is 0 Å². The number of rotatable bonds is 2. The number of hydrogen-bond donors (Lipinski definition) is 1. The number of aryl methyl sites for hydroxylation is 1. The Kier molecular flexibility index (Phi) is 3.24. The van der Waals surface area contributed by atoms with E-state index in [1.54, 1.807) is 0 Å². The molecule has 3 nitrogen and oxygen atoms in total. The molecule has 1 aliphatic heterocycles. The Balaban J connectivity index is 2.01. The van der Waals surface area contributed by atoms with E-state index in [0.717, 1.165) is 10.8 Å². The Morgan fingerprint density at radius 2 is 2.16 bits per heavy atom. The summed E-state index contributed by atoms with van der Waals surface area (Å²) in [6.45, 7) is 2.13. The van der Waals surface area contributed by atoms with Crippen LogP contribution in [-0.4, -0.2) is 22.0 Å². The summed E-state index contributed by atoms with van der Waals surface area (Å²) in [5.74, 6) is 0. The molecule has 1 fully saturated rings. The number of aromatic nitrogens is 1. The van der Waals surface area contributed by atoms with Crippen molar-refractivity contribution in [2.75, 3.05) is 7.05 Å². The van der Waals surface area contributed by atoms with E-state index in [9.17, 15) is 0 Å². The van der Waals surface area contributed by atoms with E-state index >= 15 is 0 Å². The lowest BCUT2D eigenvalue weighted by Crippen LogP contribution is -2.24. The molecule has 0 saturated carbocycles. The molecule has 0 aromatic carbocycles. The van der Waals surface area contributed by atoms with Gasteiger partial charge in [-0.1, -0.05) is 6.07 Å². The third-order valence-electron chi connectivity index (χ3n) is 3.39. The number of hydrogen-bond acceptors (Lipinski definition) is 3. The van der Waals surface area contributed by atoms with Crippen LogP contribution in [0.2, 0.25) is 0 Å².